The molecule has 0 saturated heterocycles. The first-order chi connectivity index (χ1) is 15.7. The SMILES string of the molecule is Cc1nc(-c2cccc(Oc3ccccc3)c2)nc(-c2cccc(-c3ccccc3)c2)n1. The first-order valence-electron chi connectivity index (χ1n) is 10.5. The molecule has 0 aliphatic rings. The van der Waals surface area contributed by atoms with E-state index in [4.69, 9.17) is 9.72 Å². The fourth-order valence-electron chi connectivity index (χ4n) is 3.53. The average Bonchev–Trinajstić information content (AvgIpc) is 2.85. The van der Waals surface area contributed by atoms with Crippen LogP contribution in [0.5, 0.6) is 11.5 Å². The Morgan fingerprint density at radius 2 is 1.00 bits per heavy atom. The van der Waals surface area contributed by atoms with Crippen LogP contribution in [0.1, 0.15) is 5.82 Å². The lowest BCUT2D eigenvalue weighted by atomic mass is 10.0. The van der Waals surface area contributed by atoms with E-state index in [1.165, 1.54) is 0 Å². The first kappa shape index (κ1) is 19.6. The molecule has 0 fully saturated rings. The van der Waals surface area contributed by atoms with Crippen molar-refractivity contribution in [2.24, 2.45) is 0 Å². The van der Waals surface area contributed by atoms with Crippen molar-refractivity contribution in [2.75, 3.05) is 0 Å². The largest absolute Gasteiger partial charge is 0.457 e. The van der Waals surface area contributed by atoms with Gasteiger partial charge in [-0.1, -0.05) is 78.9 Å². The van der Waals surface area contributed by atoms with Crippen molar-refractivity contribution in [1.29, 1.82) is 0 Å². The van der Waals surface area contributed by atoms with E-state index in [0.717, 1.165) is 33.8 Å². The van der Waals surface area contributed by atoms with Gasteiger partial charge in [-0.3, -0.25) is 0 Å². The van der Waals surface area contributed by atoms with Gasteiger partial charge in [0.1, 0.15) is 17.3 Å². The van der Waals surface area contributed by atoms with Gasteiger partial charge in [0.15, 0.2) is 11.6 Å². The van der Waals surface area contributed by atoms with Crippen LogP contribution < -0.4 is 4.74 Å². The second kappa shape index (κ2) is 8.82. The van der Waals surface area contributed by atoms with Crippen molar-refractivity contribution in [3.8, 4) is 45.4 Å². The Bertz CT molecular complexity index is 1350. The molecule has 1 heterocycles. The van der Waals surface area contributed by atoms with Crippen LogP contribution >= 0.6 is 0 Å². The minimum absolute atomic E-state index is 0.621. The highest BCUT2D eigenvalue weighted by Crippen LogP contribution is 2.28. The summed E-state index contributed by atoms with van der Waals surface area (Å²) in [6, 6.07) is 36.1. The van der Waals surface area contributed by atoms with Crippen LogP contribution in [0.4, 0.5) is 0 Å². The Hall–Kier alpha value is -4.31. The van der Waals surface area contributed by atoms with E-state index < -0.39 is 0 Å². The molecule has 0 amide bonds. The van der Waals surface area contributed by atoms with E-state index in [-0.39, 0.29) is 0 Å². The van der Waals surface area contributed by atoms with Crippen LogP contribution in [0.3, 0.4) is 0 Å². The maximum Gasteiger partial charge on any atom is 0.163 e. The van der Waals surface area contributed by atoms with Gasteiger partial charge in [-0.15, -0.1) is 0 Å². The molecule has 154 valence electrons. The van der Waals surface area contributed by atoms with Crippen molar-refractivity contribution >= 4 is 0 Å². The molecule has 0 aliphatic carbocycles. The van der Waals surface area contributed by atoms with E-state index in [1.807, 2.05) is 91.9 Å². The lowest BCUT2D eigenvalue weighted by Crippen LogP contribution is -1.99. The molecule has 0 aliphatic heterocycles. The second-order valence-electron chi connectivity index (χ2n) is 7.42. The molecule has 0 radical (unpaired) electrons. The quantitative estimate of drug-likeness (QED) is 0.311. The Morgan fingerprint density at radius 3 is 1.72 bits per heavy atom. The van der Waals surface area contributed by atoms with E-state index >= 15 is 0 Å². The maximum absolute atomic E-state index is 5.98. The standard InChI is InChI=1S/C28H21N3O/c1-20-29-27(23-13-8-12-22(18-23)21-10-4-2-5-11-21)31-28(30-20)24-14-9-17-26(19-24)32-25-15-6-3-7-16-25/h2-19H,1H3. The molecule has 32 heavy (non-hydrogen) atoms. The van der Waals surface area contributed by atoms with Gasteiger partial charge in [0.05, 0.1) is 0 Å². The maximum atomic E-state index is 5.98. The molecule has 0 bridgehead atoms. The molecule has 0 saturated carbocycles. The second-order valence-corrected chi connectivity index (χ2v) is 7.42. The highest BCUT2D eigenvalue weighted by Gasteiger charge is 2.11. The summed E-state index contributed by atoms with van der Waals surface area (Å²) in [6.45, 7) is 1.89. The molecular weight excluding hydrogens is 394 g/mol. The average molecular weight is 415 g/mol. The Morgan fingerprint density at radius 1 is 0.469 bits per heavy atom. The highest BCUT2D eigenvalue weighted by molar-refractivity contribution is 5.71. The molecule has 0 atom stereocenters. The number of rotatable bonds is 5. The van der Waals surface area contributed by atoms with Gasteiger partial charge in [0, 0.05) is 11.1 Å². The number of benzene rings is 4. The topological polar surface area (TPSA) is 47.9 Å². The van der Waals surface area contributed by atoms with Crippen LogP contribution in [0.15, 0.2) is 109 Å². The molecule has 0 N–H and O–H groups in total. The summed E-state index contributed by atoms with van der Waals surface area (Å²) in [5, 5.41) is 0. The number of hydrogen-bond acceptors (Lipinski definition) is 4. The van der Waals surface area contributed by atoms with Crippen LogP contribution in [0, 0.1) is 6.92 Å². The number of nitrogens with zero attached hydrogens (tertiary/aromatic N) is 3. The van der Waals surface area contributed by atoms with Crippen molar-refractivity contribution in [3.63, 3.8) is 0 Å². The summed E-state index contributed by atoms with van der Waals surface area (Å²) in [5.74, 6) is 3.47. The van der Waals surface area contributed by atoms with Crippen LogP contribution in [0.25, 0.3) is 33.9 Å². The summed E-state index contributed by atoms with van der Waals surface area (Å²) in [4.78, 5) is 14.0. The Balaban J connectivity index is 1.50. The molecule has 4 nitrogen and oxygen atoms in total. The fraction of sp³-hybridized carbons (Fsp3) is 0.0357. The van der Waals surface area contributed by atoms with E-state index in [9.17, 15) is 0 Å². The van der Waals surface area contributed by atoms with Crippen molar-refractivity contribution in [1.82, 2.24) is 15.0 Å². The molecule has 0 unspecified atom stereocenters. The van der Waals surface area contributed by atoms with E-state index in [1.54, 1.807) is 0 Å². The van der Waals surface area contributed by atoms with Crippen LogP contribution in [0.2, 0.25) is 0 Å². The molecular formula is C28H21N3O. The number of aryl methyl sites for hydroxylation is 1. The zero-order valence-corrected chi connectivity index (χ0v) is 17.6. The Kier molecular flexibility index (Phi) is 5.41. The van der Waals surface area contributed by atoms with Crippen molar-refractivity contribution in [3.05, 3.63) is 115 Å². The summed E-state index contributed by atoms with van der Waals surface area (Å²) < 4.78 is 5.98. The van der Waals surface area contributed by atoms with Gasteiger partial charge >= 0.3 is 0 Å². The highest BCUT2D eigenvalue weighted by atomic mass is 16.5. The van der Waals surface area contributed by atoms with Gasteiger partial charge < -0.3 is 4.74 Å². The first-order valence-corrected chi connectivity index (χ1v) is 10.5. The lowest BCUT2D eigenvalue weighted by Gasteiger charge is -2.09. The summed E-state index contributed by atoms with van der Waals surface area (Å²) >= 11 is 0. The number of para-hydroxylation sites is 1. The minimum Gasteiger partial charge on any atom is -0.457 e. The predicted molar refractivity (Wildman–Crippen MR) is 127 cm³/mol. The van der Waals surface area contributed by atoms with E-state index in [2.05, 4.69) is 34.2 Å². The van der Waals surface area contributed by atoms with Crippen LogP contribution in [-0.4, -0.2) is 15.0 Å². The van der Waals surface area contributed by atoms with Gasteiger partial charge in [0.25, 0.3) is 0 Å². The lowest BCUT2D eigenvalue weighted by molar-refractivity contribution is 0.483. The van der Waals surface area contributed by atoms with E-state index in [0.29, 0.717) is 17.5 Å². The summed E-state index contributed by atoms with van der Waals surface area (Å²) in [7, 11) is 0. The predicted octanol–water partition coefficient (Wildman–Crippen LogP) is 6.97. The molecule has 5 aromatic rings. The zero-order valence-electron chi connectivity index (χ0n) is 17.6. The van der Waals surface area contributed by atoms with Gasteiger partial charge in [0.2, 0.25) is 0 Å². The van der Waals surface area contributed by atoms with Crippen molar-refractivity contribution < 1.29 is 4.74 Å². The van der Waals surface area contributed by atoms with Gasteiger partial charge in [-0.05, 0) is 48.4 Å². The third-order valence-corrected chi connectivity index (χ3v) is 5.05. The van der Waals surface area contributed by atoms with Crippen LogP contribution in [-0.2, 0) is 0 Å². The summed E-state index contributed by atoms with van der Waals surface area (Å²) in [6.07, 6.45) is 0. The molecule has 4 aromatic carbocycles. The molecule has 1 aromatic heterocycles. The van der Waals surface area contributed by atoms with Crippen molar-refractivity contribution in [2.45, 2.75) is 6.92 Å². The molecule has 0 spiro atoms. The minimum atomic E-state index is 0.621. The third-order valence-electron chi connectivity index (χ3n) is 5.05. The summed E-state index contributed by atoms with van der Waals surface area (Å²) in [5.41, 5.74) is 4.12. The number of ether oxygens (including phenoxy) is 1. The van der Waals surface area contributed by atoms with Gasteiger partial charge in [-0.25, -0.2) is 15.0 Å². The third kappa shape index (κ3) is 4.40. The molecule has 5 rings (SSSR count). The monoisotopic (exact) mass is 415 g/mol. The molecule has 4 heteroatoms. The smallest absolute Gasteiger partial charge is 0.163 e. The normalized spacial score (nSPS) is 10.7. The number of aromatic nitrogens is 3. The Labute approximate surface area is 187 Å². The zero-order chi connectivity index (χ0) is 21.8. The number of hydrogen-bond donors (Lipinski definition) is 0. The fourth-order valence-corrected chi connectivity index (χ4v) is 3.53. The van der Waals surface area contributed by atoms with Gasteiger partial charge in [-0.2, -0.15) is 0 Å².